The number of hydrogen-bond donors (Lipinski definition) is 4. The van der Waals surface area contributed by atoms with Crippen molar-refractivity contribution in [3.63, 3.8) is 0 Å². The summed E-state index contributed by atoms with van der Waals surface area (Å²) in [6.45, 7) is -0.518. The molecule has 18 heteroatoms. The SMILES string of the molecule is COC(=O)c1ccc(NC(=O)c2ccc(NC(=O)c3ccc([N+](=O)[O-])c(OCCCN)n3)c(OCc3ccccc3)n2)c(OCC(=O)O)n1. The third kappa shape index (κ3) is 9.66. The maximum atomic E-state index is 13.3. The van der Waals surface area contributed by atoms with Crippen LogP contribution in [0.2, 0.25) is 0 Å². The summed E-state index contributed by atoms with van der Waals surface area (Å²) in [5.41, 5.74) is 5.08. The summed E-state index contributed by atoms with van der Waals surface area (Å²) in [6.07, 6.45) is 0.398. The minimum atomic E-state index is -1.33. The van der Waals surface area contributed by atoms with Gasteiger partial charge in [-0.2, -0.15) is 0 Å². The summed E-state index contributed by atoms with van der Waals surface area (Å²) in [4.78, 5) is 72.5. The molecule has 0 aliphatic heterocycles. The number of nitro groups is 1. The van der Waals surface area contributed by atoms with Crippen LogP contribution in [0, 0.1) is 10.1 Å². The van der Waals surface area contributed by atoms with Crippen molar-refractivity contribution >= 4 is 40.8 Å². The van der Waals surface area contributed by atoms with Gasteiger partial charge in [0.2, 0.25) is 11.8 Å². The minimum absolute atomic E-state index is 0.0111. The highest BCUT2D eigenvalue weighted by Gasteiger charge is 2.23. The van der Waals surface area contributed by atoms with E-state index in [0.29, 0.717) is 6.42 Å². The summed E-state index contributed by atoms with van der Waals surface area (Å²) >= 11 is 0. The molecule has 0 spiro atoms. The smallest absolute Gasteiger partial charge is 0.356 e. The van der Waals surface area contributed by atoms with Crippen LogP contribution < -0.4 is 30.6 Å². The van der Waals surface area contributed by atoms with Crippen molar-refractivity contribution in [2.24, 2.45) is 5.73 Å². The number of carbonyl (C=O) groups excluding carboxylic acids is 3. The number of anilines is 2. The first-order valence-electron chi connectivity index (χ1n) is 14.3. The molecule has 2 amide bonds. The maximum absolute atomic E-state index is 13.3. The molecule has 254 valence electrons. The molecular weight excluding hydrogens is 646 g/mol. The van der Waals surface area contributed by atoms with Gasteiger partial charge in [-0.15, -0.1) is 0 Å². The van der Waals surface area contributed by atoms with E-state index in [0.717, 1.165) is 24.8 Å². The number of carbonyl (C=O) groups is 4. The van der Waals surface area contributed by atoms with Crippen molar-refractivity contribution in [1.29, 1.82) is 0 Å². The minimum Gasteiger partial charge on any atom is -0.479 e. The van der Waals surface area contributed by atoms with Crippen molar-refractivity contribution in [2.45, 2.75) is 13.0 Å². The Balaban J connectivity index is 1.62. The third-order valence-corrected chi connectivity index (χ3v) is 6.25. The molecule has 0 saturated carbocycles. The van der Waals surface area contributed by atoms with E-state index in [1.165, 1.54) is 24.3 Å². The van der Waals surface area contributed by atoms with Gasteiger partial charge in [0.1, 0.15) is 29.4 Å². The van der Waals surface area contributed by atoms with Crippen LogP contribution >= 0.6 is 0 Å². The van der Waals surface area contributed by atoms with Crippen LogP contribution in [-0.2, 0) is 16.1 Å². The van der Waals surface area contributed by atoms with Gasteiger partial charge >= 0.3 is 17.6 Å². The van der Waals surface area contributed by atoms with Gasteiger partial charge in [0.05, 0.1) is 18.6 Å². The van der Waals surface area contributed by atoms with E-state index in [1.54, 1.807) is 24.3 Å². The number of nitrogens with zero attached hydrogens (tertiary/aromatic N) is 4. The first kappa shape index (κ1) is 35.2. The molecule has 1 aromatic carbocycles. The van der Waals surface area contributed by atoms with Crippen molar-refractivity contribution in [2.75, 3.05) is 37.5 Å². The van der Waals surface area contributed by atoms with E-state index in [4.69, 9.17) is 25.1 Å². The molecule has 3 aromatic heterocycles. The lowest BCUT2D eigenvalue weighted by Crippen LogP contribution is -2.19. The first-order valence-corrected chi connectivity index (χ1v) is 14.3. The molecule has 0 aliphatic rings. The number of aliphatic carboxylic acids is 1. The number of benzene rings is 1. The van der Waals surface area contributed by atoms with E-state index < -0.39 is 41.0 Å². The van der Waals surface area contributed by atoms with Gasteiger partial charge in [0.25, 0.3) is 17.7 Å². The van der Waals surface area contributed by atoms with Gasteiger partial charge in [-0.1, -0.05) is 30.3 Å². The van der Waals surface area contributed by atoms with Crippen LogP contribution in [0.1, 0.15) is 43.4 Å². The number of carboxylic acid groups (broad SMARTS) is 1. The molecule has 0 aliphatic carbocycles. The number of carboxylic acids is 1. The molecule has 18 nitrogen and oxygen atoms in total. The van der Waals surface area contributed by atoms with Gasteiger partial charge in [-0.05, 0) is 48.9 Å². The molecule has 0 atom stereocenters. The lowest BCUT2D eigenvalue weighted by molar-refractivity contribution is -0.386. The molecule has 0 saturated heterocycles. The fourth-order valence-electron chi connectivity index (χ4n) is 3.92. The maximum Gasteiger partial charge on any atom is 0.356 e. The topological polar surface area (TPSA) is 257 Å². The standard InChI is InChI=1S/C31H29N7O11/c1-46-31(43)23-11-10-22(29(37-23)49-17-25(39)40)34-26(41)19-8-9-21(28(35-19)48-16-18-6-3-2-4-7-18)33-27(42)20-12-13-24(38(44)45)30(36-20)47-15-5-14-32/h2-4,6-13H,5,14-17,32H2,1H3,(H,33,42)(H,34,41)(H,39,40). The Kier molecular flexibility index (Phi) is 12.0. The molecule has 4 rings (SSSR count). The van der Waals surface area contributed by atoms with Crippen LogP contribution in [0.15, 0.2) is 66.7 Å². The van der Waals surface area contributed by atoms with Gasteiger partial charge in [0, 0.05) is 6.07 Å². The normalized spacial score (nSPS) is 10.4. The second-order valence-corrected chi connectivity index (χ2v) is 9.72. The summed E-state index contributed by atoms with van der Waals surface area (Å²) in [5, 5.41) is 25.6. The summed E-state index contributed by atoms with van der Waals surface area (Å²) in [6, 6.07) is 16.3. The monoisotopic (exact) mass is 675 g/mol. The molecule has 5 N–H and O–H groups in total. The van der Waals surface area contributed by atoms with Crippen LogP contribution in [0.3, 0.4) is 0 Å². The van der Waals surface area contributed by atoms with Gasteiger partial charge in [-0.25, -0.2) is 24.5 Å². The lowest BCUT2D eigenvalue weighted by Gasteiger charge is -2.14. The van der Waals surface area contributed by atoms with E-state index in [-0.39, 0.29) is 65.9 Å². The Morgan fingerprint density at radius 2 is 1.37 bits per heavy atom. The zero-order valence-corrected chi connectivity index (χ0v) is 25.8. The number of nitrogens with one attached hydrogen (secondary N) is 2. The van der Waals surface area contributed by atoms with Crippen LogP contribution in [0.4, 0.5) is 17.1 Å². The Hall–Kier alpha value is -6.69. The fourth-order valence-corrected chi connectivity index (χ4v) is 3.92. The number of aromatic nitrogens is 3. The van der Waals surface area contributed by atoms with Crippen molar-refractivity contribution in [3.8, 4) is 17.6 Å². The number of nitrogens with two attached hydrogens (primary N) is 1. The Morgan fingerprint density at radius 3 is 1.96 bits per heavy atom. The van der Waals surface area contributed by atoms with Crippen molar-refractivity contribution < 1.29 is 48.2 Å². The predicted octanol–water partition coefficient (Wildman–Crippen LogP) is 2.84. The molecule has 0 radical (unpaired) electrons. The van der Waals surface area contributed by atoms with E-state index in [1.807, 2.05) is 6.07 Å². The van der Waals surface area contributed by atoms with Crippen molar-refractivity contribution in [3.05, 3.63) is 99.5 Å². The third-order valence-electron chi connectivity index (χ3n) is 6.25. The number of ether oxygens (including phenoxy) is 4. The molecule has 3 heterocycles. The highest BCUT2D eigenvalue weighted by atomic mass is 16.6. The Morgan fingerprint density at radius 1 is 0.796 bits per heavy atom. The average Bonchev–Trinajstić information content (AvgIpc) is 3.10. The molecule has 0 fully saturated rings. The van der Waals surface area contributed by atoms with E-state index in [2.05, 4.69) is 30.3 Å². The molecule has 49 heavy (non-hydrogen) atoms. The number of rotatable bonds is 16. The second-order valence-electron chi connectivity index (χ2n) is 9.72. The number of amides is 2. The predicted molar refractivity (Wildman–Crippen MR) is 170 cm³/mol. The first-order chi connectivity index (χ1) is 23.6. The van der Waals surface area contributed by atoms with Crippen molar-refractivity contribution in [1.82, 2.24) is 15.0 Å². The van der Waals surface area contributed by atoms with Gasteiger partial charge in [0.15, 0.2) is 12.3 Å². The van der Waals surface area contributed by atoms with E-state index in [9.17, 15) is 29.3 Å². The second kappa shape index (κ2) is 16.7. The Bertz CT molecular complexity index is 1860. The highest BCUT2D eigenvalue weighted by Crippen LogP contribution is 2.28. The largest absolute Gasteiger partial charge is 0.479 e. The average molecular weight is 676 g/mol. The van der Waals surface area contributed by atoms with Crippen LogP contribution in [-0.4, -0.2) is 75.6 Å². The van der Waals surface area contributed by atoms with Crippen LogP contribution in [0.25, 0.3) is 0 Å². The van der Waals surface area contributed by atoms with Crippen LogP contribution in [0.5, 0.6) is 17.6 Å². The zero-order valence-electron chi connectivity index (χ0n) is 25.8. The number of esters is 1. The molecule has 0 unspecified atom stereocenters. The molecular formula is C31H29N7O11. The summed E-state index contributed by atoms with van der Waals surface area (Å²) in [5.74, 6) is -4.67. The van der Waals surface area contributed by atoms with Gasteiger partial charge in [-0.3, -0.25) is 19.7 Å². The Labute approximate surface area is 277 Å². The highest BCUT2D eigenvalue weighted by molar-refractivity contribution is 6.06. The molecule has 4 aromatic rings. The lowest BCUT2D eigenvalue weighted by atomic mass is 10.2. The zero-order chi connectivity index (χ0) is 35.3. The number of methoxy groups -OCH3 is 1. The number of hydrogen-bond acceptors (Lipinski definition) is 14. The number of pyridine rings is 3. The fraction of sp³-hybridized carbons (Fsp3) is 0.194. The summed E-state index contributed by atoms with van der Waals surface area (Å²) < 4.78 is 21.0. The molecule has 0 bridgehead atoms. The quantitative estimate of drug-likeness (QED) is 0.0576. The van der Waals surface area contributed by atoms with Gasteiger partial charge < -0.3 is 40.4 Å². The summed E-state index contributed by atoms with van der Waals surface area (Å²) in [7, 11) is 1.13. The van der Waals surface area contributed by atoms with E-state index >= 15 is 0 Å².